The summed E-state index contributed by atoms with van der Waals surface area (Å²) in [5.74, 6) is -0.555. The second kappa shape index (κ2) is 5.78. The van der Waals surface area contributed by atoms with Crippen molar-refractivity contribution in [1.82, 2.24) is 0 Å². The smallest absolute Gasteiger partial charge is 0.263 e. The third-order valence-electron chi connectivity index (χ3n) is 2.54. The number of hydrogen-bond acceptors (Lipinski definition) is 3. The van der Waals surface area contributed by atoms with Crippen LogP contribution in [0.2, 0.25) is 5.02 Å². The Morgan fingerprint density at radius 1 is 1.20 bits per heavy atom. The molecule has 0 radical (unpaired) electrons. The van der Waals surface area contributed by atoms with Crippen LogP contribution in [0.25, 0.3) is 0 Å². The molecule has 0 fully saturated rings. The first kappa shape index (κ1) is 14.8. The van der Waals surface area contributed by atoms with Crippen LogP contribution in [0.4, 0.5) is 10.1 Å². The number of rotatable bonds is 4. The van der Waals surface area contributed by atoms with Gasteiger partial charge < -0.3 is 5.11 Å². The molecule has 0 atom stereocenters. The number of nitrogens with one attached hydrogen (secondary N) is 1. The Balaban J connectivity index is 2.40. The average molecular weight is 316 g/mol. The van der Waals surface area contributed by atoms with Gasteiger partial charge in [-0.1, -0.05) is 23.7 Å². The lowest BCUT2D eigenvalue weighted by atomic mass is 10.2. The Labute approximate surface area is 120 Å². The maximum absolute atomic E-state index is 13.0. The highest BCUT2D eigenvalue weighted by atomic mass is 35.5. The monoisotopic (exact) mass is 315 g/mol. The van der Waals surface area contributed by atoms with E-state index in [0.29, 0.717) is 5.56 Å². The third kappa shape index (κ3) is 3.27. The largest absolute Gasteiger partial charge is 0.392 e. The van der Waals surface area contributed by atoms with E-state index in [0.717, 1.165) is 6.07 Å². The molecule has 0 spiro atoms. The van der Waals surface area contributed by atoms with Crippen LogP contribution in [0.15, 0.2) is 47.4 Å². The summed E-state index contributed by atoms with van der Waals surface area (Å²) in [5.41, 5.74) is 0.504. The van der Waals surface area contributed by atoms with Crippen LogP contribution in [0.5, 0.6) is 0 Å². The van der Waals surface area contributed by atoms with Crippen molar-refractivity contribution in [1.29, 1.82) is 0 Å². The fraction of sp³-hybridized carbons (Fsp3) is 0.0769. The summed E-state index contributed by atoms with van der Waals surface area (Å²) >= 11 is 5.86. The van der Waals surface area contributed by atoms with Gasteiger partial charge in [0.25, 0.3) is 10.0 Å². The highest BCUT2D eigenvalue weighted by Gasteiger charge is 2.18. The first-order valence-electron chi connectivity index (χ1n) is 5.60. The topological polar surface area (TPSA) is 66.4 Å². The molecule has 0 aliphatic heterocycles. The number of hydrogen-bond donors (Lipinski definition) is 2. The van der Waals surface area contributed by atoms with Crippen molar-refractivity contribution in [2.75, 3.05) is 4.72 Å². The van der Waals surface area contributed by atoms with Gasteiger partial charge >= 0.3 is 0 Å². The molecule has 2 rings (SSSR count). The predicted octanol–water partition coefficient (Wildman–Crippen LogP) is 2.77. The number of aliphatic hydroxyl groups is 1. The molecule has 106 valence electrons. The van der Waals surface area contributed by atoms with Crippen molar-refractivity contribution in [2.45, 2.75) is 11.5 Å². The molecule has 0 aliphatic carbocycles. The molecule has 2 aromatic carbocycles. The molecular formula is C13H11ClFNO3S. The van der Waals surface area contributed by atoms with E-state index in [4.69, 9.17) is 16.7 Å². The normalized spacial score (nSPS) is 11.3. The number of aliphatic hydroxyl groups excluding tert-OH is 1. The highest BCUT2D eigenvalue weighted by Crippen LogP contribution is 2.25. The van der Waals surface area contributed by atoms with Crippen LogP contribution in [0.3, 0.4) is 0 Å². The van der Waals surface area contributed by atoms with Gasteiger partial charge in [-0.25, -0.2) is 12.8 Å². The van der Waals surface area contributed by atoms with Crippen LogP contribution < -0.4 is 4.72 Å². The van der Waals surface area contributed by atoms with Crippen molar-refractivity contribution in [3.8, 4) is 0 Å². The van der Waals surface area contributed by atoms with Crippen molar-refractivity contribution in [2.24, 2.45) is 0 Å². The van der Waals surface area contributed by atoms with Gasteiger partial charge in [-0.3, -0.25) is 4.72 Å². The SMILES string of the molecule is O=S(=O)(Nc1cccc(F)c1)c1cc(CO)ccc1Cl. The van der Waals surface area contributed by atoms with E-state index in [1.807, 2.05) is 0 Å². The van der Waals surface area contributed by atoms with Gasteiger partial charge in [0.1, 0.15) is 10.7 Å². The van der Waals surface area contributed by atoms with E-state index in [9.17, 15) is 12.8 Å². The summed E-state index contributed by atoms with van der Waals surface area (Å²) in [6, 6.07) is 9.24. The first-order valence-corrected chi connectivity index (χ1v) is 7.46. The van der Waals surface area contributed by atoms with Gasteiger partial charge in [0, 0.05) is 0 Å². The lowest BCUT2D eigenvalue weighted by Gasteiger charge is -2.10. The minimum atomic E-state index is -3.95. The van der Waals surface area contributed by atoms with E-state index >= 15 is 0 Å². The standard InChI is InChI=1S/C13H11ClFNO3S/c14-12-5-4-9(8-17)6-13(12)20(18,19)16-11-3-1-2-10(15)7-11/h1-7,16-17H,8H2. The lowest BCUT2D eigenvalue weighted by molar-refractivity contribution is 0.281. The fourth-order valence-electron chi connectivity index (χ4n) is 1.61. The molecule has 0 saturated carbocycles. The Morgan fingerprint density at radius 2 is 1.95 bits per heavy atom. The van der Waals surface area contributed by atoms with E-state index in [2.05, 4.69) is 4.72 Å². The molecule has 0 heterocycles. The fourth-order valence-corrected chi connectivity index (χ4v) is 3.21. The summed E-state index contributed by atoms with van der Waals surface area (Å²) in [5, 5.41) is 9.06. The molecule has 0 aromatic heterocycles. The second-order valence-corrected chi connectivity index (χ2v) is 6.10. The lowest BCUT2D eigenvalue weighted by Crippen LogP contribution is -2.14. The van der Waals surface area contributed by atoms with Gasteiger partial charge in [0.15, 0.2) is 0 Å². The zero-order valence-electron chi connectivity index (χ0n) is 10.2. The molecule has 2 N–H and O–H groups in total. The average Bonchev–Trinajstić information content (AvgIpc) is 2.38. The highest BCUT2D eigenvalue weighted by molar-refractivity contribution is 7.92. The molecule has 0 bridgehead atoms. The Kier molecular flexibility index (Phi) is 4.27. The molecule has 2 aromatic rings. The zero-order valence-corrected chi connectivity index (χ0v) is 11.7. The van der Waals surface area contributed by atoms with E-state index in [-0.39, 0.29) is 22.2 Å². The molecule has 20 heavy (non-hydrogen) atoms. The number of sulfonamides is 1. The molecular weight excluding hydrogens is 305 g/mol. The van der Waals surface area contributed by atoms with Crippen molar-refractivity contribution < 1.29 is 17.9 Å². The van der Waals surface area contributed by atoms with E-state index in [1.165, 1.54) is 36.4 Å². The van der Waals surface area contributed by atoms with Crippen LogP contribution >= 0.6 is 11.6 Å². The second-order valence-electron chi connectivity index (χ2n) is 4.04. The Morgan fingerprint density at radius 3 is 2.60 bits per heavy atom. The van der Waals surface area contributed by atoms with Crippen LogP contribution in [-0.2, 0) is 16.6 Å². The van der Waals surface area contributed by atoms with Gasteiger partial charge in [0.2, 0.25) is 0 Å². The maximum atomic E-state index is 13.0. The maximum Gasteiger partial charge on any atom is 0.263 e. The zero-order chi connectivity index (χ0) is 14.8. The third-order valence-corrected chi connectivity index (χ3v) is 4.41. The van der Waals surface area contributed by atoms with Gasteiger partial charge in [-0.2, -0.15) is 0 Å². The van der Waals surface area contributed by atoms with Crippen LogP contribution in [-0.4, -0.2) is 13.5 Å². The number of benzene rings is 2. The Bertz CT molecular complexity index is 734. The van der Waals surface area contributed by atoms with Gasteiger partial charge in [-0.15, -0.1) is 0 Å². The minimum Gasteiger partial charge on any atom is -0.392 e. The number of halogens is 2. The molecule has 0 unspecified atom stereocenters. The minimum absolute atomic E-state index is 0.0195. The molecule has 0 amide bonds. The predicted molar refractivity (Wildman–Crippen MR) is 74.6 cm³/mol. The molecule has 7 heteroatoms. The quantitative estimate of drug-likeness (QED) is 0.911. The Hall–Kier alpha value is -1.63. The van der Waals surface area contributed by atoms with Crippen molar-refractivity contribution in [3.63, 3.8) is 0 Å². The van der Waals surface area contributed by atoms with Crippen LogP contribution in [0, 0.1) is 5.82 Å². The molecule has 0 saturated heterocycles. The summed E-state index contributed by atoms with van der Waals surface area (Å²) in [6.07, 6.45) is 0. The summed E-state index contributed by atoms with van der Waals surface area (Å²) in [4.78, 5) is -0.171. The number of anilines is 1. The van der Waals surface area contributed by atoms with E-state index < -0.39 is 15.8 Å². The van der Waals surface area contributed by atoms with E-state index in [1.54, 1.807) is 0 Å². The summed E-state index contributed by atoms with van der Waals surface area (Å²) in [6.45, 7) is -0.306. The molecule has 0 aliphatic rings. The van der Waals surface area contributed by atoms with Gasteiger partial charge in [0.05, 0.1) is 17.3 Å². The summed E-state index contributed by atoms with van der Waals surface area (Å²) < 4.78 is 39.7. The van der Waals surface area contributed by atoms with Crippen LogP contribution in [0.1, 0.15) is 5.56 Å². The van der Waals surface area contributed by atoms with Crippen molar-refractivity contribution in [3.05, 3.63) is 58.9 Å². The summed E-state index contributed by atoms with van der Waals surface area (Å²) in [7, 11) is -3.95. The first-order chi connectivity index (χ1) is 9.42. The van der Waals surface area contributed by atoms with Crippen molar-refractivity contribution >= 4 is 27.3 Å². The van der Waals surface area contributed by atoms with Gasteiger partial charge in [-0.05, 0) is 35.9 Å². The molecule has 4 nitrogen and oxygen atoms in total.